The van der Waals surface area contributed by atoms with Gasteiger partial charge < -0.3 is 5.32 Å². The van der Waals surface area contributed by atoms with Crippen molar-refractivity contribution in [1.82, 2.24) is 20.3 Å². The number of anilines is 1. The normalized spacial score (nSPS) is 15.7. The van der Waals surface area contributed by atoms with E-state index in [1.54, 1.807) is 25.2 Å². The Morgan fingerprint density at radius 2 is 2.15 bits per heavy atom. The summed E-state index contributed by atoms with van der Waals surface area (Å²) in [5.74, 6) is 0.180. The maximum absolute atomic E-state index is 13.8. The Morgan fingerprint density at radius 3 is 2.75 bits per heavy atom. The van der Waals surface area contributed by atoms with E-state index in [0.717, 1.165) is 12.8 Å². The summed E-state index contributed by atoms with van der Waals surface area (Å²) < 4.78 is 15.3. The Bertz CT molecular complexity index is 650. The van der Waals surface area contributed by atoms with Crippen molar-refractivity contribution in [3.8, 4) is 0 Å². The number of aryl methyl sites for hydroxylation is 1. The maximum atomic E-state index is 13.8. The predicted octanol–water partition coefficient (Wildman–Crippen LogP) is 1.76. The lowest BCUT2D eigenvalue weighted by Gasteiger charge is -2.18. The smallest absolute Gasteiger partial charge is 0.321 e. The van der Waals surface area contributed by atoms with Crippen LogP contribution in [0.3, 0.4) is 0 Å². The Kier molecular flexibility index (Phi) is 2.89. The first-order valence-electron chi connectivity index (χ1n) is 6.30. The van der Waals surface area contributed by atoms with E-state index in [0.29, 0.717) is 11.4 Å². The molecule has 1 aromatic carbocycles. The summed E-state index contributed by atoms with van der Waals surface area (Å²) in [5.41, 5.74) is -0.0696. The molecule has 1 aromatic heterocycles. The summed E-state index contributed by atoms with van der Waals surface area (Å²) in [4.78, 5) is 12.0. The molecule has 2 aromatic rings. The number of carbonyl (C=O) groups is 1. The quantitative estimate of drug-likeness (QED) is 0.896. The Morgan fingerprint density at radius 1 is 1.40 bits per heavy atom. The second kappa shape index (κ2) is 4.59. The molecule has 20 heavy (non-hydrogen) atoms. The molecule has 0 aliphatic heterocycles. The van der Waals surface area contributed by atoms with E-state index in [9.17, 15) is 9.18 Å². The molecule has 0 spiro atoms. The van der Waals surface area contributed by atoms with Crippen LogP contribution in [0.15, 0.2) is 30.5 Å². The first-order valence-corrected chi connectivity index (χ1v) is 6.30. The number of benzene rings is 1. The third-order valence-corrected chi connectivity index (χ3v) is 3.45. The van der Waals surface area contributed by atoms with Gasteiger partial charge in [-0.15, -0.1) is 5.10 Å². The van der Waals surface area contributed by atoms with E-state index in [2.05, 4.69) is 20.9 Å². The van der Waals surface area contributed by atoms with Gasteiger partial charge in [0.15, 0.2) is 5.82 Å². The highest BCUT2D eigenvalue weighted by atomic mass is 19.1. The van der Waals surface area contributed by atoms with Crippen molar-refractivity contribution in [1.29, 1.82) is 0 Å². The number of hydrogen-bond donors (Lipinski definition) is 2. The Balaban J connectivity index is 1.73. The van der Waals surface area contributed by atoms with Crippen LogP contribution in [0.2, 0.25) is 0 Å². The van der Waals surface area contributed by atoms with E-state index in [4.69, 9.17) is 0 Å². The molecule has 0 radical (unpaired) electrons. The molecule has 1 fully saturated rings. The lowest BCUT2D eigenvalue weighted by Crippen LogP contribution is -2.38. The average molecular weight is 275 g/mol. The molecule has 7 heteroatoms. The molecule has 6 nitrogen and oxygen atoms in total. The first kappa shape index (κ1) is 12.6. The van der Waals surface area contributed by atoms with Gasteiger partial charge in [0.25, 0.3) is 0 Å². The van der Waals surface area contributed by atoms with Crippen molar-refractivity contribution in [3.63, 3.8) is 0 Å². The number of nitrogens with one attached hydrogen (secondary N) is 2. The molecular weight excluding hydrogens is 261 g/mol. The predicted molar refractivity (Wildman–Crippen MR) is 70.5 cm³/mol. The standard InChI is InChI=1S/C13H14FN5O/c1-19-11(8-15-18-19)16-12(20)17-13(6-7-13)9-4-2-3-5-10(9)14/h2-5,8H,6-7H2,1H3,(H2,16,17,20). The Labute approximate surface area is 115 Å². The second-order valence-electron chi connectivity index (χ2n) is 4.88. The lowest BCUT2D eigenvalue weighted by atomic mass is 10.0. The lowest BCUT2D eigenvalue weighted by molar-refractivity contribution is 0.247. The van der Waals surface area contributed by atoms with Crippen LogP contribution >= 0.6 is 0 Å². The minimum atomic E-state index is -0.596. The summed E-state index contributed by atoms with van der Waals surface area (Å²) >= 11 is 0. The highest BCUT2D eigenvalue weighted by Gasteiger charge is 2.47. The number of halogens is 1. The fourth-order valence-electron chi connectivity index (χ4n) is 2.20. The van der Waals surface area contributed by atoms with E-state index >= 15 is 0 Å². The third kappa shape index (κ3) is 2.22. The van der Waals surface area contributed by atoms with Crippen molar-refractivity contribution in [2.75, 3.05) is 5.32 Å². The molecule has 1 heterocycles. The number of rotatable bonds is 3. The van der Waals surface area contributed by atoms with E-state index in [-0.39, 0.29) is 5.82 Å². The van der Waals surface area contributed by atoms with Crippen molar-refractivity contribution >= 4 is 11.8 Å². The fourth-order valence-corrected chi connectivity index (χ4v) is 2.20. The summed E-state index contributed by atoms with van der Waals surface area (Å²) in [6, 6.07) is 6.12. The molecule has 2 N–H and O–H groups in total. The zero-order chi connectivity index (χ0) is 14.2. The van der Waals surface area contributed by atoms with Gasteiger partial charge in [-0.2, -0.15) is 0 Å². The number of aromatic nitrogens is 3. The Hall–Kier alpha value is -2.44. The number of urea groups is 1. The maximum Gasteiger partial charge on any atom is 0.321 e. The molecule has 3 rings (SSSR count). The van der Waals surface area contributed by atoms with Gasteiger partial charge in [-0.1, -0.05) is 23.4 Å². The molecule has 1 aliphatic carbocycles. The highest BCUT2D eigenvalue weighted by Crippen LogP contribution is 2.46. The van der Waals surface area contributed by atoms with Crippen LogP contribution in [0.25, 0.3) is 0 Å². The molecule has 104 valence electrons. The van der Waals surface area contributed by atoms with Gasteiger partial charge in [-0.3, -0.25) is 5.32 Å². The van der Waals surface area contributed by atoms with Crippen LogP contribution < -0.4 is 10.6 Å². The molecule has 1 aliphatic rings. The first-order chi connectivity index (χ1) is 9.61. The van der Waals surface area contributed by atoms with Gasteiger partial charge in [0.2, 0.25) is 0 Å². The van der Waals surface area contributed by atoms with Crippen LogP contribution in [0, 0.1) is 5.82 Å². The third-order valence-electron chi connectivity index (χ3n) is 3.45. The van der Waals surface area contributed by atoms with Gasteiger partial charge in [0.05, 0.1) is 11.7 Å². The topological polar surface area (TPSA) is 71.8 Å². The van der Waals surface area contributed by atoms with E-state index < -0.39 is 11.6 Å². The van der Waals surface area contributed by atoms with Crippen LogP contribution in [0.5, 0.6) is 0 Å². The monoisotopic (exact) mass is 275 g/mol. The number of amides is 2. The van der Waals surface area contributed by atoms with Crippen LogP contribution in [0.1, 0.15) is 18.4 Å². The largest absolute Gasteiger partial charge is 0.328 e. The number of nitrogens with zero attached hydrogens (tertiary/aromatic N) is 3. The van der Waals surface area contributed by atoms with Gasteiger partial charge in [0.1, 0.15) is 5.82 Å². The van der Waals surface area contributed by atoms with Crippen LogP contribution in [-0.4, -0.2) is 21.0 Å². The van der Waals surface area contributed by atoms with E-state index in [1.165, 1.54) is 16.9 Å². The molecule has 0 unspecified atom stereocenters. The summed E-state index contributed by atoms with van der Waals surface area (Å²) in [6.07, 6.45) is 2.90. The van der Waals surface area contributed by atoms with Gasteiger partial charge >= 0.3 is 6.03 Å². The molecule has 2 amide bonds. The van der Waals surface area contributed by atoms with Crippen molar-refractivity contribution < 1.29 is 9.18 Å². The zero-order valence-electron chi connectivity index (χ0n) is 10.9. The minimum absolute atomic E-state index is 0.299. The highest BCUT2D eigenvalue weighted by molar-refractivity contribution is 5.89. The summed E-state index contributed by atoms with van der Waals surface area (Å²) in [7, 11) is 1.67. The summed E-state index contributed by atoms with van der Waals surface area (Å²) in [5, 5.41) is 12.9. The molecule has 1 saturated carbocycles. The van der Waals surface area contributed by atoms with Gasteiger partial charge in [-0.05, 0) is 18.9 Å². The van der Waals surface area contributed by atoms with Crippen molar-refractivity contribution in [2.24, 2.45) is 7.05 Å². The minimum Gasteiger partial charge on any atom is -0.328 e. The second-order valence-corrected chi connectivity index (χ2v) is 4.88. The fraction of sp³-hybridized carbons (Fsp3) is 0.308. The van der Waals surface area contributed by atoms with Crippen molar-refractivity contribution in [2.45, 2.75) is 18.4 Å². The average Bonchev–Trinajstić information content (AvgIpc) is 3.08. The molecule has 0 bridgehead atoms. The number of hydrogen-bond acceptors (Lipinski definition) is 3. The van der Waals surface area contributed by atoms with Crippen LogP contribution in [-0.2, 0) is 12.6 Å². The van der Waals surface area contributed by atoms with E-state index in [1.807, 2.05) is 0 Å². The van der Waals surface area contributed by atoms with Gasteiger partial charge in [0, 0.05) is 12.6 Å². The molecule has 0 saturated heterocycles. The zero-order valence-corrected chi connectivity index (χ0v) is 10.9. The van der Waals surface area contributed by atoms with Crippen molar-refractivity contribution in [3.05, 3.63) is 41.8 Å². The summed E-state index contributed by atoms with van der Waals surface area (Å²) in [6.45, 7) is 0. The van der Waals surface area contributed by atoms with Gasteiger partial charge in [-0.25, -0.2) is 13.9 Å². The number of carbonyl (C=O) groups excluding carboxylic acids is 1. The molecular formula is C13H14FN5O. The SMILES string of the molecule is Cn1nncc1NC(=O)NC1(c2ccccc2F)CC1. The molecule has 0 atom stereocenters. The van der Waals surface area contributed by atoms with Crippen LogP contribution in [0.4, 0.5) is 15.0 Å².